The number of primary amides is 1. The number of benzene rings is 2. The maximum absolute atomic E-state index is 12.3. The molecule has 0 spiro atoms. The number of carbonyl (C=O) groups excluding carboxylic acids is 1. The standard InChI is InChI=1S/C27H30N6O/c1-31-21-8-5-9-22(31)14-23(13-21)33-25-11-10-19(12-24(25)26(30-33)27(28)34)20-15-29-32(17-20)16-18-6-3-2-4-7-18/h2-4,6-7,10-12,15,17,21-23H,5,8-9,13-14,16H2,1H3,(H2,28,34). The van der Waals surface area contributed by atoms with Gasteiger partial charge in [-0.15, -0.1) is 0 Å². The first-order chi connectivity index (χ1) is 16.6. The lowest BCUT2D eigenvalue weighted by Gasteiger charge is -2.47. The highest BCUT2D eigenvalue weighted by Crippen LogP contribution is 2.40. The highest BCUT2D eigenvalue weighted by molar-refractivity contribution is 6.05. The molecule has 174 valence electrons. The first-order valence-corrected chi connectivity index (χ1v) is 12.2. The minimum absolute atomic E-state index is 0.293. The Hall–Kier alpha value is -3.45. The number of amides is 1. The van der Waals surface area contributed by atoms with Crippen molar-refractivity contribution in [1.82, 2.24) is 24.5 Å². The van der Waals surface area contributed by atoms with Gasteiger partial charge in [0.25, 0.3) is 5.91 Å². The fourth-order valence-electron chi connectivity index (χ4n) is 5.94. The molecule has 2 aliphatic heterocycles. The van der Waals surface area contributed by atoms with Crippen LogP contribution in [-0.2, 0) is 6.54 Å². The van der Waals surface area contributed by atoms with E-state index in [9.17, 15) is 4.79 Å². The fourth-order valence-corrected chi connectivity index (χ4v) is 5.94. The van der Waals surface area contributed by atoms with E-state index in [0.29, 0.717) is 30.4 Å². The summed E-state index contributed by atoms with van der Waals surface area (Å²) in [6, 6.07) is 18.0. The zero-order chi connectivity index (χ0) is 23.2. The van der Waals surface area contributed by atoms with Gasteiger partial charge < -0.3 is 10.6 Å². The molecule has 4 heterocycles. The quantitative estimate of drug-likeness (QED) is 0.489. The Morgan fingerprint density at radius 1 is 1.03 bits per heavy atom. The Balaban J connectivity index is 1.34. The highest BCUT2D eigenvalue weighted by atomic mass is 16.1. The third-order valence-corrected chi connectivity index (χ3v) is 7.75. The molecule has 34 heavy (non-hydrogen) atoms. The SMILES string of the molecule is CN1C2CCCC1CC(n1nc(C(N)=O)c3cc(-c4cnn(Cc5ccccc5)c4)ccc31)C2. The molecule has 2 unspecified atom stereocenters. The first-order valence-electron chi connectivity index (χ1n) is 12.2. The van der Waals surface area contributed by atoms with Crippen LogP contribution in [-0.4, -0.2) is 49.5 Å². The maximum atomic E-state index is 12.3. The van der Waals surface area contributed by atoms with Gasteiger partial charge in [-0.05, 0) is 56.0 Å². The van der Waals surface area contributed by atoms with Gasteiger partial charge in [0.2, 0.25) is 0 Å². The molecule has 2 N–H and O–H groups in total. The molecule has 6 rings (SSSR count). The van der Waals surface area contributed by atoms with Crippen LogP contribution in [0, 0.1) is 0 Å². The van der Waals surface area contributed by atoms with E-state index in [1.165, 1.54) is 24.8 Å². The molecule has 2 bridgehead atoms. The maximum Gasteiger partial charge on any atom is 0.269 e. The molecule has 2 aromatic heterocycles. The molecular weight excluding hydrogens is 424 g/mol. The van der Waals surface area contributed by atoms with Crippen LogP contribution in [0.4, 0.5) is 0 Å². The molecule has 0 radical (unpaired) electrons. The zero-order valence-electron chi connectivity index (χ0n) is 19.5. The summed E-state index contributed by atoms with van der Waals surface area (Å²) in [5.41, 5.74) is 10.3. The molecule has 0 saturated carbocycles. The van der Waals surface area contributed by atoms with Crippen LogP contribution in [0.15, 0.2) is 60.9 Å². The molecule has 7 nitrogen and oxygen atoms in total. The summed E-state index contributed by atoms with van der Waals surface area (Å²) in [5, 5.41) is 10.1. The number of nitrogens with two attached hydrogens (primary N) is 1. The minimum atomic E-state index is -0.478. The highest BCUT2D eigenvalue weighted by Gasteiger charge is 2.37. The third kappa shape index (κ3) is 3.70. The van der Waals surface area contributed by atoms with Crippen LogP contribution in [0.5, 0.6) is 0 Å². The van der Waals surface area contributed by atoms with E-state index in [-0.39, 0.29) is 0 Å². The van der Waals surface area contributed by atoms with Gasteiger partial charge in [0.05, 0.1) is 24.3 Å². The van der Waals surface area contributed by atoms with Crippen molar-refractivity contribution in [3.63, 3.8) is 0 Å². The van der Waals surface area contributed by atoms with Crippen LogP contribution in [0.25, 0.3) is 22.0 Å². The lowest BCUT2D eigenvalue weighted by atomic mass is 9.82. The van der Waals surface area contributed by atoms with Crippen LogP contribution in [0.1, 0.15) is 54.2 Å². The summed E-state index contributed by atoms with van der Waals surface area (Å²) in [5.74, 6) is -0.478. The van der Waals surface area contributed by atoms with E-state index in [1.54, 1.807) is 0 Å². The van der Waals surface area contributed by atoms with Crippen LogP contribution in [0.3, 0.4) is 0 Å². The predicted octanol–water partition coefficient (Wildman–Crippen LogP) is 4.23. The van der Waals surface area contributed by atoms with E-state index >= 15 is 0 Å². The topological polar surface area (TPSA) is 82.0 Å². The summed E-state index contributed by atoms with van der Waals surface area (Å²) in [6.45, 7) is 0.714. The van der Waals surface area contributed by atoms with Crippen molar-refractivity contribution in [2.75, 3.05) is 7.05 Å². The van der Waals surface area contributed by atoms with Crippen molar-refractivity contribution in [2.24, 2.45) is 5.73 Å². The van der Waals surface area contributed by atoms with Crippen molar-refractivity contribution in [1.29, 1.82) is 0 Å². The molecule has 2 aliphatic rings. The second-order valence-electron chi connectivity index (χ2n) is 9.83. The van der Waals surface area contributed by atoms with E-state index in [0.717, 1.165) is 34.9 Å². The van der Waals surface area contributed by atoms with Gasteiger partial charge >= 0.3 is 0 Å². The Morgan fingerprint density at radius 3 is 2.53 bits per heavy atom. The van der Waals surface area contributed by atoms with Crippen LogP contribution in [0.2, 0.25) is 0 Å². The normalized spacial score (nSPS) is 22.8. The Kier molecular flexibility index (Phi) is 5.21. The van der Waals surface area contributed by atoms with Gasteiger partial charge in [0, 0.05) is 29.2 Å². The van der Waals surface area contributed by atoms with Crippen LogP contribution >= 0.6 is 0 Å². The molecule has 0 aliphatic carbocycles. The smallest absolute Gasteiger partial charge is 0.269 e. The van der Waals surface area contributed by atoms with Crippen molar-refractivity contribution >= 4 is 16.8 Å². The van der Waals surface area contributed by atoms with Gasteiger partial charge in [-0.3, -0.25) is 14.2 Å². The summed E-state index contributed by atoms with van der Waals surface area (Å²) in [4.78, 5) is 14.9. The van der Waals surface area contributed by atoms with Gasteiger partial charge in [0.15, 0.2) is 5.69 Å². The molecule has 2 saturated heterocycles. The van der Waals surface area contributed by atoms with Crippen molar-refractivity contribution in [3.05, 3.63) is 72.2 Å². The Bertz CT molecular complexity index is 1330. The van der Waals surface area contributed by atoms with E-state index < -0.39 is 5.91 Å². The van der Waals surface area contributed by atoms with Gasteiger partial charge in [0.1, 0.15) is 0 Å². The number of aromatic nitrogens is 4. The number of fused-ring (bicyclic) bond motifs is 3. The molecule has 2 atom stereocenters. The number of carbonyl (C=O) groups is 1. The largest absolute Gasteiger partial charge is 0.364 e. The average Bonchev–Trinajstić information content (AvgIpc) is 3.44. The molecule has 1 amide bonds. The summed E-state index contributed by atoms with van der Waals surface area (Å²) in [6.07, 6.45) is 9.83. The van der Waals surface area contributed by atoms with Crippen molar-refractivity contribution < 1.29 is 4.79 Å². The van der Waals surface area contributed by atoms with E-state index in [2.05, 4.69) is 46.0 Å². The second-order valence-corrected chi connectivity index (χ2v) is 9.83. The molecule has 2 fully saturated rings. The molecule has 2 aromatic carbocycles. The lowest BCUT2D eigenvalue weighted by Crippen LogP contribution is -2.50. The fraction of sp³-hybridized carbons (Fsp3) is 0.370. The summed E-state index contributed by atoms with van der Waals surface area (Å²) < 4.78 is 4.01. The van der Waals surface area contributed by atoms with Gasteiger partial charge in [-0.2, -0.15) is 10.2 Å². The molecule has 4 aromatic rings. The molecule has 7 heteroatoms. The summed E-state index contributed by atoms with van der Waals surface area (Å²) >= 11 is 0. The number of hydrogen-bond donors (Lipinski definition) is 1. The number of hydrogen-bond acceptors (Lipinski definition) is 4. The Labute approximate surface area is 199 Å². The number of rotatable bonds is 5. The van der Waals surface area contributed by atoms with Crippen molar-refractivity contribution in [3.8, 4) is 11.1 Å². The van der Waals surface area contributed by atoms with Crippen LogP contribution < -0.4 is 5.73 Å². The monoisotopic (exact) mass is 454 g/mol. The predicted molar refractivity (Wildman–Crippen MR) is 132 cm³/mol. The summed E-state index contributed by atoms with van der Waals surface area (Å²) in [7, 11) is 2.25. The third-order valence-electron chi connectivity index (χ3n) is 7.75. The van der Waals surface area contributed by atoms with E-state index in [1.807, 2.05) is 41.3 Å². The zero-order valence-corrected chi connectivity index (χ0v) is 19.5. The first kappa shape index (κ1) is 21.1. The molecular formula is C27H30N6O. The lowest BCUT2D eigenvalue weighted by molar-refractivity contribution is 0.0379. The van der Waals surface area contributed by atoms with Gasteiger partial charge in [-0.1, -0.05) is 42.8 Å². The van der Waals surface area contributed by atoms with Crippen molar-refractivity contribution in [2.45, 2.75) is 56.8 Å². The van der Waals surface area contributed by atoms with Gasteiger partial charge in [-0.25, -0.2) is 0 Å². The minimum Gasteiger partial charge on any atom is -0.364 e. The second kappa shape index (κ2) is 8.40. The van der Waals surface area contributed by atoms with E-state index in [4.69, 9.17) is 10.8 Å². The number of nitrogens with zero attached hydrogens (tertiary/aromatic N) is 5. The Morgan fingerprint density at radius 2 is 1.79 bits per heavy atom. The number of piperidine rings is 2. The average molecular weight is 455 g/mol.